The molecule has 1 spiro atoms. The molecule has 0 unspecified atom stereocenters. The number of ether oxygens (including phenoxy) is 1. The van der Waals surface area contributed by atoms with Gasteiger partial charge in [-0.05, 0) is 28.7 Å². The van der Waals surface area contributed by atoms with Crippen LogP contribution in [0.2, 0.25) is 0 Å². The summed E-state index contributed by atoms with van der Waals surface area (Å²) in [6, 6.07) is 17.5. The van der Waals surface area contributed by atoms with E-state index < -0.39 is 0 Å². The van der Waals surface area contributed by atoms with Crippen LogP contribution in [0.3, 0.4) is 0 Å². The van der Waals surface area contributed by atoms with Crippen LogP contribution in [0.4, 0.5) is 10.8 Å². The van der Waals surface area contributed by atoms with Crippen molar-refractivity contribution in [2.24, 2.45) is 0 Å². The second kappa shape index (κ2) is 9.77. The molecule has 0 bridgehead atoms. The minimum absolute atomic E-state index is 0.0796. The van der Waals surface area contributed by atoms with Crippen LogP contribution in [0.25, 0.3) is 0 Å². The van der Waals surface area contributed by atoms with Crippen molar-refractivity contribution in [2.75, 3.05) is 36.5 Å². The number of hydrogen-bond acceptors (Lipinski definition) is 6. The van der Waals surface area contributed by atoms with E-state index in [9.17, 15) is 4.79 Å². The SMILES string of the molecule is CNC(=O)c1cnc(N2CCC3(CC2)CCN(Cc2ccc(C(C)(C)C)cc2)c2ccccc2O3)s1. The van der Waals surface area contributed by atoms with Gasteiger partial charge in [-0.2, -0.15) is 0 Å². The monoisotopic (exact) mass is 504 g/mol. The number of aromatic nitrogens is 1. The van der Waals surface area contributed by atoms with Gasteiger partial charge in [0, 0.05) is 52.5 Å². The third-order valence-electron chi connectivity index (χ3n) is 7.45. The third-order valence-corrected chi connectivity index (χ3v) is 8.51. The lowest BCUT2D eigenvalue weighted by atomic mass is 9.86. The van der Waals surface area contributed by atoms with Gasteiger partial charge in [-0.1, -0.05) is 68.5 Å². The van der Waals surface area contributed by atoms with E-state index in [1.807, 2.05) is 0 Å². The van der Waals surface area contributed by atoms with Gasteiger partial charge >= 0.3 is 0 Å². The van der Waals surface area contributed by atoms with Gasteiger partial charge in [0.1, 0.15) is 16.2 Å². The molecule has 2 aromatic carbocycles. The number of amides is 1. The summed E-state index contributed by atoms with van der Waals surface area (Å²) in [6.07, 6.45) is 4.53. The molecule has 1 fully saturated rings. The number of nitrogens with one attached hydrogen (secondary N) is 1. The van der Waals surface area contributed by atoms with Crippen molar-refractivity contribution in [2.45, 2.75) is 57.6 Å². The van der Waals surface area contributed by atoms with Gasteiger partial charge in [-0.15, -0.1) is 0 Å². The van der Waals surface area contributed by atoms with E-state index in [1.165, 1.54) is 28.2 Å². The van der Waals surface area contributed by atoms with Crippen molar-refractivity contribution in [1.29, 1.82) is 0 Å². The minimum atomic E-state index is -0.182. The Labute approximate surface area is 218 Å². The molecule has 6 nitrogen and oxygen atoms in total. The van der Waals surface area contributed by atoms with Crippen molar-refractivity contribution in [3.05, 3.63) is 70.7 Å². The second-order valence-corrected chi connectivity index (χ2v) is 12.0. The van der Waals surface area contributed by atoms with E-state index in [0.29, 0.717) is 4.88 Å². The summed E-state index contributed by atoms with van der Waals surface area (Å²) in [5, 5.41) is 3.59. The fraction of sp³-hybridized carbons (Fsp3) is 0.448. The van der Waals surface area contributed by atoms with E-state index in [2.05, 4.69) is 89.4 Å². The van der Waals surface area contributed by atoms with Gasteiger partial charge in [0.05, 0.1) is 11.9 Å². The zero-order valence-electron chi connectivity index (χ0n) is 21.7. The fourth-order valence-corrected chi connectivity index (χ4v) is 6.05. The van der Waals surface area contributed by atoms with E-state index >= 15 is 0 Å². The second-order valence-electron chi connectivity index (χ2n) is 10.9. The first-order valence-electron chi connectivity index (χ1n) is 12.8. The van der Waals surface area contributed by atoms with Crippen LogP contribution in [-0.4, -0.2) is 43.2 Å². The molecular weight excluding hydrogens is 468 g/mol. The Morgan fingerprint density at radius 2 is 1.75 bits per heavy atom. The molecule has 2 aliphatic heterocycles. The summed E-state index contributed by atoms with van der Waals surface area (Å²) in [6.45, 7) is 10.3. The van der Waals surface area contributed by atoms with Gasteiger partial charge in [-0.3, -0.25) is 4.79 Å². The van der Waals surface area contributed by atoms with Crippen LogP contribution >= 0.6 is 11.3 Å². The Hall–Kier alpha value is -3.06. The topological polar surface area (TPSA) is 57.7 Å². The van der Waals surface area contributed by atoms with Crippen molar-refractivity contribution < 1.29 is 9.53 Å². The standard InChI is InChI=1S/C29H36N4O2S/c1-28(2,3)22-11-9-21(10-12-22)20-33-18-15-29(35-24-8-6-5-7-23(24)33)13-16-32(17-14-29)27-31-19-25(36-27)26(34)30-4/h5-12,19H,13-18,20H2,1-4H3,(H,30,34). The van der Waals surface area contributed by atoms with Gasteiger partial charge in [-0.25, -0.2) is 4.98 Å². The first-order chi connectivity index (χ1) is 17.3. The number of carbonyl (C=O) groups excluding carboxylic acids is 1. The predicted molar refractivity (Wildman–Crippen MR) is 148 cm³/mol. The summed E-state index contributed by atoms with van der Waals surface area (Å²) in [4.78, 5) is 21.9. The minimum Gasteiger partial charge on any atom is -0.485 e. The molecule has 36 heavy (non-hydrogen) atoms. The quantitative estimate of drug-likeness (QED) is 0.499. The van der Waals surface area contributed by atoms with Crippen LogP contribution in [0, 0.1) is 0 Å². The average Bonchev–Trinajstić information content (AvgIpc) is 3.32. The molecule has 0 atom stereocenters. The molecule has 0 saturated carbocycles. The Balaban J connectivity index is 1.30. The highest BCUT2D eigenvalue weighted by Crippen LogP contribution is 2.42. The molecule has 3 aromatic rings. The normalized spacial score (nSPS) is 17.3. The number of thiazole rings is 1. The summed E-state index contributed by atoms with van der Waals surface area (Å²) in [5.41, 5.74) is 3.83. The molecule has 1 saturated heterocycles. The molecular formula is C29H36N4O2S. The van der Waals surface area contributed by atoms with E-state index in [1.54, 1.807) is 13.2 Å². The van der Waals surface area contributed by atoms with Crippen LogP contribution in [0.5, 0.6) is 5.75 Å². The number of nitrogens with zero attached hydrogens (tertiary/aromatic N) is 3. The number of piperidine rings is 1. The van der Waals surface area contributed by atoms with E-state index in [0.717, 1.165) is 56.3 Å². The number of para-hydroxylation sites is 2. The number of rotatable bonds is 4. The highest BCUT2D eigenvalue weighted by molar-refractivity contribution is 7.17. The number of carbonyl (C=O) groups is 1. The molecule has 5 rings (SSSR count). The largest absolute Gasteiger partial charge is 0.485 e. The van der Waals surface area contributed by atoms with Gasteiger partial charge < -0.3 is 19.9 Å². The maximum absolute atomic E-state index is 11.9. The highest BCUT2D eigenvalue weighted by Gasteiger charge is 2.40. The van der Waals surface area contributed by atoms with Crippen molar-refractivity contribution >= 4 is 28.1 Å². The highest BCUT2D eigenvalue weighted by atomic mass is 32.1. The molecule has 0 radical (unpaired) electrons. The maximum atomic E-state index is 11.9. The Morgan fingerprint density at radius 3 is 2.44 bits per heavy atom. The molecule has 1 amide bonds. The van der Waals surface area contributed by atoms with Crippen molar-refractivity contribution in [1.82, 2.24) is 10.3 Å². The lowest BCUT2D eigenvalue weighted by molar-refractivity contribution is 0.0411. The lowest BCUT2D eigenvalue weighted by Crippen LogP contribution is -2.48. The first kappa shape index (κ1) is 24.6. The zero-order chi connectivity index (χ0) is 25.3. The van der Waals surface area contributed by atoms with Crippen molar-refractivity contribution in [3.63, 3.8) is 0 Å². The number of benzene rings is 2. The van der Waals surface area contributed by atoms with E-state index in [-0.39, 0.29) is 16.9 Å². The van der Waals surface area contributed by atoms with Gasteiger partial charge in [0.2, 0.25) is 0 Å². The molecule has 1 aromatic heterocycles. The van der Waals surface area contributed by atoms with Crippen LogP contribution in [0.15, 0.2) is 54.7 Å². The molecule has 1 N–H and O–H groups in total. The molecule has 3 heterocycles. The Kier molecular flexibility index (Phi) is 6.68. The van der Waals surface area contributed by atoms with Crippen molar-refractivity contribution in [3.8, 4) is 5.75 Å². The first-order valence-corrected chi connectivity index (χ1v) is 13.6. The number of anilines is 2. The summed E-state index contributed by atoms with van der Waals surface area (Å²) < 4.78 is 6.81. The Morgan fingerprint density at radius 1 is 1.06 bits per heavy atom. The van der Waals surface area contributed by atoms with Gasteiger partial charge in [0.25, 0.3) is 5.91 Å². The zero-order valence-corrected chi connectivity index (χ0v) is 22.5. The average molecular weight is 505 g/mol. The summed E-state index contributed by atoms with van der Waals surface area (Å²) in [7, 11) is 1.65. The number of hydrogen-bond donors (Lipinski definition) is 1. The van der Waals surface area contributed by atoms with Crippen LogP contribution in [-0.2, 0) is 12.0 Å². The molecule has 0 aliphatic carbocycles. The third kappa shape index (κ3) is 5.07. The van der Waals surface area contributed by atoms with Gasteiger partial charge in [0.15, 0.2) is 5.13 Å². The number of fused-ring (bicyclic) bond motifs is 1. The van der Waals surface area contributed by atoms with E-state index in [4.69, 9.17) is 4.74 Å². The summed E-state index contributed by atoms with van der Waals surface area (Å²) in [5.74, 6) is 0.898. The molecule has 190 valence electrons. The fourth-order valence-electron chi connectivity index (χ4n) is 5.14. The maximum Gasteiger partial charge on any atom is 0.262 e. The predicted octanol–water partition coefficient (Wildman–Crippen LogP) is 5.63. The smallest absolute Gasteiger partial charge is 0.262 e. The molecule has 7 heteroatoms. The Bertz CT molecular complexity index is 1210. The molecule has 2 aliphatic rings. The summed E-state index contributed by atoms with van der Waals surface area (Å²) >= 11 is 1.46. The lowest BCUT2D eigenvalue weighted by Gasteiger charge is -2.41. The van der Waals surface area contributed by atoms with Crippen LogP contribution < -0.4 is 19.9 Å². The van der Waals surface area contributed by atoms with Crippen LogP contribution in [0.1, 0.15) is 60.8 Å².